The quantitative estimate of drug-likeness (QED) is 0.425. The Hall–Kier alpha value is -2.71. The zero-order valence-corrected chi connectivity index (χ0v) is 17.6. The minimum absolute atomic E-state index is 0.174. The fraction of sp³-hybridized carbons (Fsp3) is 0.235. The Bertz CT molecular complexity index is 1120. The minimum Gasteiger partial charge on any atom is -0.507 e. The van der Waals surface area contributed by atoms with E-state index in [-0.39, 0.29) is 17.7 Å². The number of aromatic hydroxyl groups is 2. The van der Waals surface area contributed by atoms with Crippen molar-refractivity contribution < 1.29 is 46.1 Å². The van der Waals surface area contributed by atoms with E-state index in [0.29, 0.717) is 12.1 Å². The summed E-state index contributed by atoms with van der Waals surface area (Å²) in [6.07, 6.45) is -5.15. The number of phenols is 2. The van der Waals surface area contributed by atoms with Crippen molar-refractivity contribution in [3.63, 3.8) is 0 Å². The molecule has 9 nitrogen and oxygen atoms in total. The lowest BCUT2D eigenvalue weighted by molar-refractivity contribution is -0.274. The van der Waals surface area contributed by atoms with Gasteiger partial charge in [0.1, 0.15) is 16.4 Å². The van der Waals surface area contributed by atoms with Gasteiger partial charge in [0.05, 0.1) is 30.5 Å². The summed E-state index contributed by atoms with van der Waals surface area (Å²) in [4.78, 5) is 11.8. The summed E-state index contributed by atoms with van der Waals surface area (Å²) < 4.78 is 74.2. The van der Waals surface area contributed by atoms with E-state index < -0.39 is 61.7 Å². The second-order valence-electron chi connectivity index (χ2n) is 6.34. The topological polar surface area (TPSA) is 134 Å². The largest absolute Gasteiger partial charge is 0.573 e. The highest BCUT2D eigenvalue weighted by atomic mass is 79.9. The number of amides is 1. The molecule has 1 aliphatic heterocycles. The molecular weight excluding hydrogens is 513 g/mol. The fourth-order valence-corrected chi connectivity index (χ4v) is 4.23. The summed E-state index contributed by atoms with van der Waals surface area (Å²) in [5.41, 5.74) is -1.43. The van der Waals surface area contributed by atoms with Gasteiger partial charge in [0.15, 0.2) is 5.75 Å². The molecule has 2 aromatic rings. The molecule has 0 spiro atoms. The molecule has 31 heavy (non-hydrogen) atoms. The maximum Gasteiger partial charge on any atom is 0.573 e. The Morgan fingerprint density at radius 2 is 1.87 bits per heavy atom. The van der Waals surface area contributed by atoms with Crippen LogP contribution in [0, 0.1) is 0 Å². The maximum absolute atomic E-state index is 12.7. The van der Waals surface area contributed by atoms with Crippen LogP contribution in [0.25, 0.3) is 0 Å². The van der Waals surface area contributed by atoms with Gasteiger partial charge in [0.2, 0.25) is 0 Å². The van der Waals surface area contributed by atoms with Crippen LogP contribution in [0.1, 0.15) is 10.4 Å². The number of alkyl halides is 3. The molecule has 0 aromatic heterocycles. The molecule has 1 aliphatic rings. The zero-order valence-electron chi connectivity index (χ0n) is 15.2. The number of ether oxygens (including phenoxy) is 2. The predicted molar refractivity (Wildman–Crippen MR) is 103 cm³/mol. The van der Waals surface area contributed by atoms with E-state index in [1.54, 1.807) is 0 Å². The molecule has 1 heterocycles. The Morgan fingerprint density at radius 3 is 2.45 bits per heavy atom. The van der Waals surface area contributed by atoms with Crippen LogP contribution in [0.5, 0.6) is 17.2 Å². The Kier molecular flexibility index (Phi) is 6.25. The molecule has 0 unspecified atom stereocenters. The van der Waals surface area contributed by atoms with Crippen LogP contribution in [0.3, 0.4) is 0 Å². The number of sulfonamides is 1. The molecule has 0 saturated carbocycles. The van der Waals surface area contributed by atoms with Gasteiger partial charge in [-0.1, -0.05) is 15.9 Å². The molecule has 0 aliphatic carbocycles. The third-order valence-electron chi connectivity index (χ3n) is 3.99. The maximum atomic E-state index is 12.7. The van der Waals surface area contributed by atoms with E-state index in [4.69, 9.17) is 4.74 Å². The van der Waals surface area contributed by atoms with Crippen molar-refractivity contribution in [1.29, 1.82) is 0 Å². The van der Waals surface area contributed by atoms with Gasteiger partial charge < -0.3 is 25.0 Å². The molecule has 14 heteroatoms. The monoisotopic (exact) mass is 526 g/mol. The van der Waals surface area contributed by atoms with Crippen LogP contribution in [0.2, 0.25) is 0 Å². The van der Waals surface area contributed by atoms with E-state index >= 15 is 0 Å². The van der Waals surface area contributed by atoms with E-state index in [0.717, 1.165) is 12.1 Å². The SMILES string of the molecule is O=C(NC1COC1)c1cc(OC(F)(F)F)cc(NS(=O)(=O)c2cc(Br)ccc2O)c1O. The summed E-state index contributed by atoms with van der Waals surface area (Å²) in [7, 11) is -4.59. The minimum atomic E-state index is -5.15. The molecule has 1 amide bonds. The van der Waals surface area contributed by atoms with E-state index in [9.17, 15) is 36.6 Å². The molecule has 0 atom stereocenters. The lowest BCUT2D eigenvalue weighted by Crippen LogP contribution is -2.48. The first kappa shape index (κ1) is 23.0. The number of anilines is 1. The van der Waals surface area contributed by atoms with Gasteiger partial charge in [-0.3, -0.25) is 9.52 Å². The van der Waals surface area contributed by atoms with Crippen LogP contribution < -0.4 is 14.8 Å². The standard InChI is InChI=1S/C17H14BrF3N2O7S/c18-8-1-2-13(24)14(3-8)31(27,28)23-12-5-10(30-17(19,20)21)4-11(15(12)25)16(26)22-9-6-29-7-9/h1-5,9,23-25H,6-7H2,(H,22,26). The molecule has 4 N–H and O–H groups in total. The van der Waals surface area contributed by atoms with E-state index in [1.807, 2.05) is 4.72 Å². The van der Waals surface area contributed by atoms with Gasteiger partial charge in [-0.15, -0.1) is 13.2 Å². The molecule has 1 saturated heterocycles. The fourth-order valence-electron chi connectivity index (χ4n) is 2.54. The highest BCUT2D eigenvalue weighted by Gasteiger charge is 2.33. The van der Waals surface area contributed by atoms with Crippen LogP contribution in [-0.2, 0) is 14.8 Å². The molecule has 168 valence electrons. The lowest BCUT2D eigenvalue weighted by Gasteiger charge is -2.27. The average Bonchev–Trinajstić information content (AvgIpc) is 2.61. The highest BCUT2D eigenvalue weighted by molar-refractivity contribution is 9.10. The zero-order chi connectivity index (χ0) is 23.0. The second kappa shape index (κ2) is 8.43. The molecule has 2 aromatic carbocycles. The molecule has 1 fully saturated rings. The summed E-state index contributed by atoms with van der Waals surface area (Å²) in [6, 6.07) is 4.22. The molecule has 0 radical (unpaired) electrons. The van der Waals surface area contributed by atoms with Gasteiger partial charge in [0, 0.05) is 10.5 Å². The van der Waals surface area contributed by atoms with E-state index in [2.05, 4.69) is 26.0 Å². The van der Waals surface area contributed by atoms with Crippen LogP contribution in [0.15, 0.2) is 39.7 Å². The van der Waals surface area contributed by atoms with Gasteiger partial charge in [-0.05, 0) is 24.3 Å². The summed E-state index contributed by atoms with van der Waals surface area (Å²) in [6.45, 7) is 0.347. The number of phenolic OH excluding ortho intramolecular Hbond substituents is 2. The molecular formula is C17H14BrF3N2O7S. The Balaban J connectivity index is 2.03. The first-order chi connectivity index (χ1) is 14.4. The van der Waals surface area contributed by atoms with Crippen molar-refractivity contribution in [3.05, 3.63) is 40.4 Å². The number of benzene rings is 2. The van der Waals surface area contributed by atoms with Crippen molar-refractivity contribution in [2.75, 3.05) is 17.9 Å². The lowest BCUT2D eigenvalue weighted by atomic mass is 10.1. The number of carbonyl (C=O) groups is 1. The number of halogens is 4. The average molecular weight is 527 g/mol. The number of hydrogen-bond acceptors (Lipinski definition) is 7. The number of hydrogen-bond donors (Lipinski definition) is 4. The Morgan fingerprint density at radius 1 is 1.19 bits per heavy atom. The normalized spacial score (nSPS) is 14.6. The number of rotatable bonds is 6. The van der Waals surface area contributed by atoms with E-state index in [1.165, 1.54) is 6.07 Å². The van der Waals surface area contributed by atoms with Gasteiger partial charge >= 0.3 is 6.36 Å². The van der Waals surface area contributed by atoms with Crippen molar-refractivity contribution >= 4 is 37.5 Å². The number of nitrogens with one attached hydrogen (secondary N) is 2. The summed E-state index contributed by atoms with van der Waals surface area (Å²) in [5, 5.41) is 22.7. The van der Waals surface area contributed by atoms with Crippen molar-refractivity contribution in [2.45, 2.75) is 17.3 Å². The first-order valence-corrected chi connectivity index (χ1v) is 10.7. The molecule has 0 bridgehead atoms. The van der Waals surface area contributed by atoms with Gasteiger partial charge in [-0.25, -0.2) is 8.42 Å². The third kappa shape index (κ3) is 5.51. The van der Waals surface area contributed by atoms with Crippen LogP contribution in [0.4, 0.5) is 18.9 Å². The van der Waals surface area contributed by atoms with Crippen molar-refractivity contribution in [2.24, 2.45) is 0 Å². The predicted octanol–water partition coefficient (Wildman–Crippen LogP) is 2.69. The third-order valence-corrected chi connectivity index (χ3v) is 5.88. The van der Waals surface area contributed by atoms with Gasteiger partial charge in [-0.2, -0.15) is 0 Å². The summed E-state index contributed by atoms with van der Waals surface area (Å²) >= 11 is 3.04. The van der Waals surface area contributed by atoms with Crippen LogP contribution in [-0.4, -0.2) is 50.2 Å². The Labute approximate surface area is 182 Å². The molecule has 3 rings (SSSR count). The second-order valence-corrected chi connectivity index (χ2v) is 8.91. The first-order valence-electron chi connectivity index (χ1n) is 8.38. The highest BCUT2D eigenvalue weighted by Crippen LogP contribution is 2.37. The van der Waals surface area contributed by atoms with Crippen molar-refractivity contribution in [1.82, 2.24) is 5.32 Å². The van der Waals surface area contributed by atoms with Gasteiger partial charge in [0.25, 0.3) is 15.9 Å². The van der Waals surface area contributed by atoms with Crippen LogP contribution >= 0.6 is 15.9 Å². The summed E-state index contributed by atoms with van der Waals surface area (Å²) in [5.74, 6) is -3.51. The number of carbonyl (C=O) groups excluding carboxylic acids is 1. The van der Waals surface area contributed by atoms with Crippen molar-refractivity contribution in [3.8, 4) is 17.2 Å². The smallest absolute Gasteiger partial charge is 0.507 e.